The van der Waals surface area contributed by atoms with Gasteiger partial charge in [-0.2, -0.15) is 13.2 Å². The van der Waals surface area contributed by atoms with Gasteiger partial charge in [-0.05, 0) is 24.3 Å². The zero-order valence-electron chi connectivity index (χ0n) is 15.4. The predicted octanol–water partition coefficient (Wildman–Crippen LogP) is 3.72. The number of benzene rings is 1. The number of ether oxygens (including phenoxy) is 1. The first-order valence-electron chi connectivity index (χ1n) is 8.43. The number of nitrogens with one attached hydrogen (secondary N) is 2. The number of carbonyl (C=O) groups excluding carboxylic acids is 2. The van der Waals surface area contributed by atoms with Gasteiger partial charge < -0.3 is 15.4 Å². The molecule has 0 spiro atoms. The largest absolute Gasteiger partial charge is 0.484 e. The molecule has 11 heteroatoms. The van der Waals surface area contributed by atoms with E-state index in [0.717, 1.165) is 18.3 Å². The standard InChI is InChI=1S/C19H16ClF4N3O3/c1-11(27-17(28)10-30-13-3-4-14(20)15(21)8-13)6-7-25-18(29)12-2-5-16(26-9-12)19(22,23)24/h2-5,8-9H,1,6-7,10H2,(H,25,29)(H,27,28). The minimum atomic E-state index is -4.59. The fourth-order valence-electron chi connectivity index (χ4n) is 2.14. The van der Waals surface area contributed by atoms with Crippen molar-refractivity contribution >= 4 is 23.4 Å². The number of alkyl halides is 3. The fourth-order valence-corrected chi connectivity index (χ4v) is 2.25. The summed E-state index contributed by atoms with van der Waals surface area (Å²) in [5.41, 5.74) is -0.864. The molecule has 1 heterocycles. The van der Waals surface area contributed by atoms with Gasteiger partial charge in [-0.1, -0.05) is 18.2 Å². The van der Waals surface area contributed by atoms with Crippen LogP contribution in [0.15, 0.2) is 48.8 Å². The molecule has 0 aliphatic carbocycles. The Morgan fingerprint density at radius 2 is 1.93 bits per heavy atom. The van der Waals surface area contributed by atoms with E-state index in [1.54, 1.807) is 0 Å². The first-order valence-corrected chi connectivity index (χ1v) is 8.81. The molecule has 2 aromatic rings. The molecule has 1 aromatic heterocycles. The lowest BCUT2D eigenvalue weighted by molar-refractivity contribution is -0.141. The molecule has 1 aromatic carbocycles. The lowest BCUT2D eigenvalue weighted by Gasteiger charge is -2.11. The molecule has 2 amide bonds. The van der Waals surface area contributed by atoms with Gasteiger partial charge in [0.05, 0.1) is 10.6 Å². The number of aromatic nitrogens is 1. The van der Waals surface area contributed by atoms with Crippen molar-refractivity contribution in [1.29, 1.82) is 0 Å². The van der Waals surface area contributed by atoms with Crippen LogP contribution in [0.25, 0.3) is 0 Å². The molecule has 0 saturated heterocycles. The summed E-state index contributed by atoms with van der Waals surface area (Å²) in [6.07, 6.45) is -3.59. The summed E-state index contributed by atoms with van der Waals surface area (Å²) in [5, 5.41) is 4.85. The molecule has 0 atom stereocenters. The molecule has 0 bridgehead atoms. The van der Waals surface area contributed by atoms with Crippen LogP contribution in [0.2, 0.25) is 5.02 Å². The normalized spacial score (nSPS) is 11.0. The van der Waals surface area contributed by atoms with Gasteiger partial charge >= 0.3 is 6.18 Å². The van der Waals surface area contributed by atoms with E-state index in [-0.39, 0.29) is 35.0 Å². The van der Waals surface area contributed by atoms with E-state index < -0.39 is 36.1 Å². The SMILES string of the molecule is C=C(CCNC(=O)c1ccc(C(F)(F)F)nc1)NC(=O)COc1ccc(Cl)c(F)c1. The Hall–Kier alpha value is -3.14. The van der Waals surface area contributed by atoms with E-state index in [1.807, 2.05) is 0 Å². The molecular formula is C19H16ClF4N3O3. The van der Waals surface area contributed by atoms with Crippen molar-refractivity contribution < 1.29 is 31.9 Å². The van der Waals surface area contributed by atoms with Crippen LogP contribution in [0.5, 0.6) is 5.75 Å². The van der Waals surface area contributed by atoms with Gasteiger partial charge in [-0.25, -0.2) is 4.39 Å². The molecule has 30 heavy (non-hydrogen) atoms. The van der Waals surface area contributed by atoms with Gasteiger partial charge in [-0.15, -0.1) is 0 Å². The molecule has 0 unspecified atom stereocenters. The van der Waals surface area contributed by atoms with Crippen LogP contribution in [0.1, 0.15) is 22.5 Å². The summed E-state index contributed by atoms with van der Waals surface area (Å²) in [7, 11) is 0. The molecule has 2 rings (SSSR count). The Morgan fingerprint density at radius 3 is 2.53 bits per heavy atom. The highest BCUT2D eigenvalue weighted by Gasteiger charge is 2.32. The van der Waals surface area contributed by atoms with Crippen molar-refractivity contribution in [2.45, 2.75) is 12.6 Å². The van der Waals surface area contributed by atoms with E-state index in [4.69, 9.17) is 16.3 Å². The second-order valence-electron chi connectivity index (χ2n) is 5.95. The highest BCUT2D eigenvalue weighted by atomic mass is 35.5. The second kappa shape index (κ2) is 10.1. The van der Waals surface area contributed by atoms with Crippen molar-refractivity contribution in [2.75, 3.05) is 13.2 Å². The Morgan fingerprint density at radius 1 is 1.20 bits per heavy atom. The molecule has 0 aliphatic rings. The molecule has 0 radical (unpaired) electrons. The smallest absolute Gasteiger partial charge is 0.433 e. The average Bonchev–Trinajstić information content (AvgIpc) is 2.68. The van der Waals surface area contributed by atoms with Gasteiger partial charge in [0.2, 0.25) is 0 Å². The van der Waals surface area contributed by atoms with E-state index in [1.165, 1.54) is 12.1 Å². The summed E-state index contributed by atoms with van der Waals surface area (Å²) < 4.78 is 55.8. The number of carbonyl (C=O) groups is 2. The van der Waals surface area contributed by atoms with E-state index in [0.29, 0.717) is 6.07 Å². The number of hydrogen-bond acceptors (Lipinski definition) is 4. The predicted molar refractivity (Wildman–Crippen MR) is 100 cm³/mol. The van der Waals surface area contributed by atoms with Crippen LogP contribution in [-0.2, 0) is 11.0 Å². The zero-order chi connectivity index (χ0) is 22.3. The summed E-state index contributed by atoms with van der Waals surface area (Å²) in [5.74, 6) is -1.73. The maximum absolute atomic E-state index is 13.3. The molecule has 0 saturated carbocycles. The van der Waals surface area contributed by atoms with Crippen LogP contribution < -0.4 is 15.4 Å². The summed E-state index contributed by atoms with van der Waals surface area (Å²) in [6, 6.07) is 5.45. The monoisotopic (exact) mass is 445 g/mol. The van der Waals surface area contributed by atoms with Gasteiger partial charge in [0.15, 0.2) is 6.61 Å². The van der Waals surface area contributed by atoms with Gasteiger partial charge in [0, 0.05) is 30.9 Å². The van der Waals surface area contributed by atoms with Crippen LogP contribution in [0.4, 0.5) is 17.6 Å². The second-order valence-corrected chi connectivity index (χ2v) is 6.36. The number of amides is 2. The highest BCUT2D eigenvalue weighted by molar-refractivity contribution is 6.30. The van der Waals surface area contributed by atoms with E-state index in [9.17, 15) is 27.2 Å². The number of pyridine rings is 1. The molecule has 160 valence electrons. The van der Waals surface area contributed by atoms with E-state index >= 15 is 0 Å². The lowest BCUT2D eigenvalue weighted by atomic mass is 10.2. The van der Waals surface area contributed by atoms with Crippen molar-refractivity contribution in [3.8, 4) is 5.75 Å². The summed E-state index contributed by atoms with van der Waals surface area (Å²) in [4.78, 5) is 26.9. The van der Waals surface area contributed by atoms with Crippen LogP contribution >= 0.6 is 11.6 Å². The summed E-state index contributed by atoms with van der Waals surface area (Å²) in [6.45, 7) is 3.30. The first-order chi connectivity index (χ1) is 14.1. The number of rotatable bonds is 8. The molecule has 0 fully saturated rings. The Bertz CT molecular complexity index is 934. The summed E-state index contributed by atoms with van der Waals surface area (Å²) >= 11 is 5.55. The van der Waals surface area contributed by atoms with Gasteiger partial charge in [0.25, 0.3) is 11.8 Å². The Kier molecular flexibility index (Phi) is 7.76. The van der Waals surface area contributed by atoms with Crippen molar-refractivity contribution in [3.63, 3.8) is 0 Å². The van der Waals surface area contributed by atoms with Gasteiger partial charge in [-0.3, -0.25) is 14.6 Å². The topological polar surface area (TPSA) is 80.3 Å². The van der Waals surface area contributed by atoms with Crippen molar-refractivity contribution in [2.24, 2.45) is 0 Å². The van der Waals surface area contributed by atoms with Crippen molar-refractivity contribution in [3.05, 3.63) is 70.9 Å². The molecular weight excluding hydrogens is 430 g/mol. The third-order valence-corrected chi connectivity index (χ3v) is 3.91. The van der Waals surface area contributed by atoms with E-state index in [2.05, 4.69) is 22.2 Å². The molecule has 6 nitrogen and oxygen atoms in total. The third kappa shape index (κ3) is 7.03. The third-order valence-electron chi connectivity index (χ3n) is 3.61. The number of halogens is 5. The maximum atomic E-state index is 13.3. The Balaban J connectivity index is 1.71. The zero-order valence-corrected chi connectivity index (χ0v) is 16.1. The highest BCUT2D eigenvalue weighted by Crippen LogP contribution is 2.27. The van der Waals surface area contributed by atoms with Crippen LogP contribution in [0.3, 0.4) is 0 Å². The quantitative estimate of drug-likeness (QED) is 0.607. The number of hydrogen-bond donors (Lipinski definition) is 2. The lowest BCUT2D eigenvalue weighted by Crippen LogP contribution is -2.31. The van der Waals surface area contributed by atoms with Crippen LogP contribution in [0, 0.1) is 5.82 Å². The minimum Gasteiger partial charge on any atom is -0.484 e. The molecule has 0 aliphatic heterocycles. The average molecular weight is 446 g/mol. The van der Waals surface area contributed by atoms with Crippen LogP contribution in [-0.4, -0.2) is 29.9 Å². The van der Waals surface area contributed by atoms with Gasteiger partial charge in [0.1, 0.15) is 17.3 Å². The first kappa shape index (κ1) is 23.1. The molecule has 2 N–H and O–H groups in total. The number of nitrogens with zero attached hydrogens (tertiary/aromatic N) is 1. The maximum Gasteiger partial charge on any atom is 0.433 e. The Labute approximate surface area is 173 Å². The fraction of sp³-hybridized carbons (Fsp3) is 0.211. The van der Waals surface area contributed by atoms with Crippen molar-refractivity contribution in [1.82, 2.24) is 15.6 Å². The minimum absolute atomic E-state index is 0.0405.